The number of hydrogen-bond donors (Lipinski definition) is 0. The Kier molecular flexibility index (Phi) is 4.98. The summed E-state index contributed by atoms with van der Waals surface area (Å²) < 4.78 is 5.96. The molecule has 1 atom stereocenters. The SMILES string of the molecule is COc1ccc(Br)cc1C(=O)C(N=[N+]=[N-])c1ccccc1. The van der Waals surface area contributed by atoms with Crippen molar-refractivity contribution in [3.8, 4) is 5.75 Å². The third-order valence-corrected chi connectivity index (χ3v) is 3.45. The van der Waals surface area contributed by atoms with Crippen LogP contribution in [0.3, 0.4) is 0 Å². The van der Waals surface area contributed by atoms with Crippen molar-refractivity contribution in [1.82, 2.24) is 0 Å². The van der Waals surface area contributed by atoms with E-state index in [1.54, 1.807) is 42.5 Å². The highest BCUT2D eigenvalue weighted by Crippen LogP contribution is 2.30. The molecular weight excluding hydrogens is 334 g/mol. The molecule has 0 spiro atoms. The van der Waals surface area contributed by atoms with Gasteiger partial charge in [-0.3, -0.25) is 4.79 Å². The zero-order valence-corrected chi connectivity index (χ0v) is 12.8. The van der Waals surface area contributed by atoms with Crippen LogP contribution in [-0.2, 0) is 0 Å². The molecule has 0 heterocycles. The molecule has 0 aliphatic rings. The van der Waals surface area contributed by atoms with Crippen LogP contribution in [0.2, 0.25) is 0 Å². The van der Waals surface area contributed by atoms with E-state index in [-0.39, 0.29) is 5.78 Å². The monoisotopic (exact) mass is 345 g/mol. The molecule has 2 aromatic carbocycles. The molecule has 0 saturated carbocycles. The van der Waals surface area contributed by atoms with Gasteiger partial charge in [-0.25, -0.2) is 0 Å². The molecule has 2 aromatic rings. The van der Waals surface area contributed by atoms with Gasteiger partial charge in [-0.05, 0) is 29.3 Å². The summed E-state index contributed by atoms with van der Waals surface area (Å²) in [5.41, 5.74) is 9.75. The predicted molar refractivity (Wildman–Crippen MR) is 83.4 cm³/mol. The lowest BCUT2D eigenvalue weighted by atomic mass is 9.97. The summed E-state index contributed by atoms with van der Waals surface area (Å²) in [6.45, 7) is 0. The molecule has 6 heteroatoms. The maximum atomic E-state index is 12.7. The molecule has 0 N–H and O–H groups in total. The maximum absolute atomic E-state index is 12.7. The second-order valence-corrected chi connectivity index (χ2v) is 5.14. The molecule has 0 fully saturated rings. The zero-order chi connectivity index (χ0) is 15.2. The number of rotatable bonds is 5. The summed E-state index contributed by atoms with van der Waals surface area (Å²) in [5.74, 6) is 0.134. The molecule has 0 amide bonds. The van der Waals surface area contributed by atoms with Crippen molar-refractivity contribution < 1.29 is 9.53 Å². The topological polar surface area (TPSA) is 75.1 Å². The number of Topliss-reactive ketones (excluding diaryl/α,β-unsaturated/α-hetero) is 1. The van der Waals surface area contributed by atoms with Crippen molar-refractivity contribution in [3.63, 3.8) is 0 Å². The second-order valence-electron chi connectivity index (χ2n) is 4.23. The molecule has 0 bridgehead atoms. The first-order valence-electron chi connectivity index (χ1n) is 6.14. The van der Waals surface area contributed by atoms with Crippen LogP contribution in [0.25, 0.3) is 10.4 Å². The Balaban J connectivity index is 2.49. The molecule has 0 saturated heterocycles. The van der Waals surface area contributed by atoms with Crippen molar-refractivity contribution in [2.24, 2.45) is 5.11 Å². The van der Waals surface area contributed by atoms with Crippen LogP contribution in [0, 0.1) is 0 Å². The number of ketones is 1. The van der Waals surface area contributed by atoms with Crippen LogP contribution >= 0.6 is 15.9 Å². The zero-order valence-electron chi connectivity index (χ0n) is 11.2. The van der Waals surface area contributed by atoms with Gasteiger partial charge in [0.2, 0.25) is 0 Å². The quantitative estimate of drug-likeness (QED) is 0.341. The van der Waals surface area contributed by atoms with Gasteiger partial charge in [0, 0.05) is 9.38 Å². The van der Waals surface area contributed by atoms with E-state index in [0.29, 0.717) is 16.9 Å². The summed E-state index contributed by atoms with van der Waals surface area (Å²) in [6, 6.07) is 13.1. The number of nitrogens with zero attached hydrogens (tertiary/aromatic N) is 3. The Hall–Kier alpha value is -2.30. The van der Waals surface area contributed by atoms with Gasteiger partial charge in [-0.2, -0.15) is 0 Å². The average Bonchev–Trinajstić information content (AvgIpc) is 2.52. The first kappa shape index (κ1) is 15.1. The Morgan fingerprint density at radius 1 is 1.29 bits per heavy atom. The number of benzene rings is 2. The lowest BCUT2D eigenvalue weighted by molar-refractivity contribution is 0.0958. The highest BCUT2D eigenvalue weighted by atomic mass is 79.9. The lowest BCUT2D eigenvalue weighted by Gasteiger charge is -2.13. The highest BCUT2D eigenvalue weighted by molar-refractivity contribution is 9.10. The first-order chi connectivity index (χ1) is 10.2. The van der Waals surface area contributed by atoms with Crippen molar-refractivity contribution in [3.05, 3.63) is 74.6 Å². The van der Waals surface area contributed by atoms with Crippen molar-refractivity contribution in [2.75, 3.05) is 7.11 Å². The van der Waals surface area contributed by atoms with E-state index < -0.39 is 6.04 Å². The third kappa shape index (κ3) is 3.42. The molecule has 0 aliphatic heterocycles. The van der Waals surface area contributed by atoms with Gasteiger partial charge in [0.1, 0.15) is 11.8 Å². The standard InChI is InChI=1S/C15H12BrN3O2/c1-21-13-8-7-11(16)9-12(13)15(20)14(18-19-17)10-5-3-2-4-6-10/h2-9,14H,1H3. The van der Waals surface area contributed by atoms with Gasteiger partial charge in [0.05, 0.1) is 12.7 Å². The van der Waals surface area contributed by atoms with E-state index in [9.17, 15) is 4.79 Å². The Labute approximate surface area is 130 Å². The van der Waals surface area contributed by atoms with Gasteiger partial charge in [-0.15, -0.1) is 0 Å². The largest absolute Gasteiger partial charge is 0.496 e. The smallest absolute Gasteiger partial charge is 0.179 e. The summed E-state index contributed by atoms with van der Waals surface area (Å²) in [7, 11) is 1.49. The van der Waals surface area contributed by atoms with Crippen LogP contribution in [0.4, 0.5) is 0 Å². The van der Waals surface area contributed by atoms with Crippen LogP contribution < -0.4 is 4.74 Å². The van der Waals surface area contributed by atoms with Gasteiger partial charge in [0.15, 0.2) is 5.78 Å². The Morgan fingerprint density at radius 3 is 2.62 bits per heavy atom. The summed E-state index contributed by atoms with van der Waals surface area (Å²) in [4.78, 5) is 15.5. The van der Waals surface area contributed by atoms with Crippen molar-refractivity contribution in [2.45, 2.75) is 6.04 Å². The third-order valence-electron chi connectivity index (χ3n) is 2.96. The highest BCUT2D eigenvalue weighted by Gasteiger charge is 2.23. The van der Waals surface area contributed by atoms with Gasteiger partial charge in [0.25, 0.3) is 0 Å². The second kappa shape index (κ2) is 6.92. The van der Waals surface area contributed by atoms with Crippen LogP contribution in [0.1, 0.15) is 22.0 Å². The van der Waals surface area contributed by atoms with Crippen LogP contribution in [-0.4, -0.2) is 12.9 Å². The van der Waals surface area contributed by atoms with E-state index >= 15 is 0 Å². The molecule has 0 aliphatic carbocycles. The Bertz CT molecular complexity index is 697. The van der Waals surface area contributed by atoms with Gasteiger partial charge in [-0.1, -0.05) is 51.4 Å². The molecule has 2 rings (SSSR count). The minimum atomic E-state index is -0.917. The van der Waals surface area contributed by atoms with Gasteiger partial charge >= 0.3 is 0 Å². The number of carbonyl (C=O) groups excluding carboxylic acids is 1. The fraction of sp³-hybridized carbons (Fsp3) is 0.133. The fourth-order valence-electron chi connectivity index (χ4n) is 1.98. The van der Waals surface area contributed by atoms with Gasteiger partial charge < -0.3 is 4.74 Å². The molecule has 0 aromatic heterocycles. The number of ether oxygens (including phenoxy) is 1. The fourth-order valence-corrected chi connectivity index (χ4v) is 2.34. The van der Waals surface area contributed by atoms with E-state index in [4.69, 9.17) is 10.3 Å². The molecule has 21 heavy (non-hydrogen) atoms. The molecule has 1 unspecified atom stereocenters. The summed E-state index contributed by atoms with van der Waals surface area (Å²) >= 11 is 3.33. The van der Waals surface area contributed by atoms with Crippen LogP contribution in [0.5, 0.6) is 5.75 Å². The van der Waals surface area contributed by atoms with E-state index in [0.717, 1.165) is 4.47 Å². The van der Waals surface area contributed by atoms with E-state index in [2.05, 4.69) is 26.0 Å². The average molecular weight is 346 g/mol. The molecule has 106 valence electrons. The minimum absolute atomic E-state index is 0.308. The first-order valence-corrected chi connectivity index (χ1v) is 6.93. The number of methoxy groups -OCH3 is 1. The van der Waals surface area contributed by atoms with E-state index in [1.807, 2.05) is 6.07 Å². The lowest BCUT2D eigenvalue weighted by Crippen LogP contribution is -2.12. The van der Waals surface area contributed by atoms with Crippen molar-refractivity contribution >= 4 is 21.7 Å². The van der Waals surface area contributed by atoms with Crippen LogP contribution in [0.15, 0.2) is 58.1 Å². The number of hydrogen-bond acceptors (Lipinski definition) is 3. The normalized spacial score (nSPS) is 11.3. The van der Waals surface area contributed by atoms with Crippen molar-refractivity contribution in [1.29, 1.82) is 0 Å². The number of azide groups is 1. The molecular formula is C15H12BrN3O2. The molecule has 5 nitrogen and oxygen atoms in total. The van der Waals surface area contributed by atoms with E-state index in [1.165, 1.54) is 7.11 Å². The number of carbonyl (C=O) groups is 1. The summed E-state index contributed by atoms with van der Waals surface area (Å²) in [5, 5.41) is 3.64. The number of halogens is 1. The minimum Gasteiger partial charge on any atom is -0.496 e. The predicted octanol–water partition coefficient (Wildman–Crippen LogP) is 4.69. The summed E-state index contributed by atoms with van der Waals surface area (Å²) in [6.07, 6.45) is 0. The maximum Gasteiger partial charge on any atom is 0.179 e. The molecule has 0 radical (unpaired) electrons. The Morgan fingerprint density at radius 2 is 2.00 bits per heavy atom.